The Morgan fingerprint density at radius 3 is 2.54 bits per heavy atom. The van der Waals surface area contributed by atoms with E-state index in [-0.39, 0.29) is 11.0 Å². The van der Waals surface area contributed by atoms with E-state index in [9.17, 15) is 4.79 Å². The Bertz CT molecular complexity index is 811. The summed E-state index contributed by atoms with van der Waals surface area (Å²) in [6.07, 6.45) is 3.14. The first-order chi connectivity index (χ1) is 13.6. The third-order valence-corrected chi connectivity index (χ3v) is 4.22. The van der Waals surface area contributed by atoms with Gasteiger partial charge in [-0.1, -0.05) is 31.9 Å². The number of para-hydroxylation sites is 1. The summed E-state index contributed by atoms with van der Waals surface area (Å²) in [6.45, 7) is 2.70. The highest BCUT2D eigenvalue weighted by Gasteiger charge is 2.15. The van der Waals surface area contributed by atoms with E-state index < -0.39 is 0 Å². The van der Waals surface area contributed by atoms with Crippen LogP contribution in [0.25, 0.3) is 0 Å². The number of thiocarbonyl (C=S) groups is 1. The maximum absolute atomic E-state index is 12.7. The van der Waals surface area contributed by atoms with E-state index in [2.05, 4.69) is 17.6 Å². The summed E-state index contributed by atoms with van der Waals surface area (Å²) < 4.78 is 16.3. The number of rotatable bonds is 9. The first kappa shape index (κ1) is 21.5. The molecule has 0 atom stereocenters. The Labute approximate surface area is 171 Å². The van der Waals surface area contributed by atoms with Crippen LogP contribution in [0.2, 0.25) is 0 Å². The molecule has 2 rings (SSSR count). The lowest BCUT2D eigenvalue weighted by atomic mass is 10.2. The highest BCUT2D eigenvalue weighted by Crippen LogP contribution is 2.28. The van der Waals surface area contributed by atoms with Crippen molar-refractivity contribution in [3.8, 4) is 17.2 Å². The topological polar surface area (TPSA) is 68.8 Å². The van der Waals surface area contributed by atoms with Crippen LogP contribution in [0.4, 0.5) is 5.69 Å². The van der Waals surface area contributed by atoms with Gasteiger partial charge < -0.3 is 19.5 Å². The van der Waals surface area contributed by atoms with Crippen LogP contribution in [0.15, 0.2) is 42.5 Å². The van der Waals surface area contributed by atoms with E-state index in [4.69, 9.17) is 26.4 Å². The fraction of sp³-hybridized carbons (Fsp3) is 0.333. The number of carbonyl (C=O) groups is 1. The number of carbonyl (C=O) groups excluding carboxylic acids is 1. The molecule has 6 nitrogen and oxygen atoms in total. The van der Waals surface area contributed by atoms with E-state index in [1.54, 1.807) is 50.6 Å². The van der Waals surface area contributed by atoms with Crippen LogP contribution in [0.3, 0.4) is 0 Å². The molecule has 0 radical (unpaired) electrons. The number of hydrogen-bond donors (Lipinski definition) is 2. The van der Waals surface area contributed by atoms with E-state index >= 15 is 0 Å². The van der Waals surface area contributed by atoms with Gasteiger partial charge in [0.15, 0.2) is 5.11 Å². The Kier molecular flexibility index (Phi) is 8.55. The van der Waals surface area contributed by atoms with Crippen molar-refractivity contribution >= 4 is 28.9 Å². The summed E-state index contributed by atoms with van der Waals surface area (Å²) in [5.74, 6) is 1.42. The van der Waals surface area contributed by atoms with Crippen molar-refractivity contribution in [2.75, 3.05) is 26.1 Å². The van der Waals surface area contributed by atoms with Gasteiger partial charge >= 0.3 is 0 Å². The standard InChI is InChI=1S/C21H26N2O4S/c1-4-5-8-13-27-18-10-7-6-9-16(18)20(24)23-21(28)22-17-14-15(25-2)11-12-19(17)26-3/h6-7,9-12,14H,4-5,8,13H2,1-3H3,(H2,22,23,24,28). The lowest BCUT2D eigenvalue weighted by Crippen LogP contribution is -2.34. The maximum Gasteiger partial charge on any atom is 0.261 e. The number of methoxy groups -OCH3 is 2. The number of ether oxygens (including phenoxy) is 3. The zero-order valence-corrected chi connectivity index (χ0v) is 17.2. The van der Waals surface area contributed by atoms with Gasteiger partial charge in [0.25, 0.3) is 5.91 Å². The third-order valence-electron chi connectivity index (χ3n) is 4.02. The fourth-order valence-corrected chi connectivity index (χ4v) is 2.75. The molecule has 2 aromatic rings. The van der Waals surface area contributed by atoms with E-state index in [1.807, 2.05) is 6.07 Å². The minimum absolute atomic E-state index is 0.150. The van der Waals surface area contributed by atoms with Crippen LogP contribution in [0.5, 0.6) is 17.2 Å². The van der Waals surface area contributed by atoms with Gasteiger partial charge in [-0.2, -0.15) is 0 Å². The van der Waals surface area contributed by atoms with Crippen molar-refractivity contribution < 1.29 is 19.0 Å². The van der Waals surface area contributed by atoms with Crippen LogP contribution >= 0.6 is 12.2 Å². The summed E-state index contributed by atoms with van der Waals surface area (Å²) in [4.78, 5) is 12.7. The van der Waals surface area contributed by atoms with Gasteiger partial charge in [0.05, 0.1) is 32.1 Å². The summed E-state index contributed by atoms with van der Waals surface area (Å²) in [7, 11) is 3.13. The Morgan fingerprint density at radius 1 is 1.04 bits per heavy atom. The second-order valence-electron chi connectivity index (χ2n) is 6.03. The van der Waals surface area contributed by atoms with Crippen molar-refractivity contribution in [3.05, 3.63) is 48.0 Å². The monoisotopic (exact) mass is 402 g/mol. The predicted molar refractivity (Wildman–Crippen MR) is 115 cm³/mol. The highest BCUT2D eigenvalue weighted by molar-refractivity contribution is 7.80. The number of amides is 1. The summed E-state index contributed by atoms with van der Waals surface area (Å²) in [5, 5.41) is 5.80. The van der Waals surface area contributed by atoms with Gasteiger partial charge in [0.2, 0.25) is 0 Å². The Balaban J connectivity index is 2.04. The smallest absolute Gasteiger partial charge is 0.261 e. The number of unbranched alkanes of at least 4 members (excludes halogenated alkanes) is 2. The molecule has 0 saturated heterocycles. The van der Waals surface area contributed by atoms with E-state index in [0.717, 1.165) is 19.3 Å². The number of nitrogens with one attached hydrogen (secondary N) is 2. The lowest BCUT2D eigenvalue weighted by molar-refractivity contribution is 0.0973. The SMILES string of the molecule is CCCCCOc1ccccc1C(=O)NC(=S)Nc1cc(OC)ccc1OC. The molecule has 0 spiro atoms. The van der Waals surface area contributed by atoms with Crippen molar-refractivity contribution in [2.24, 2.45) is 0 Å². The van der Waals surface area contributed by atoms with Crippen molar-refractivity contribution in [1.82, 2.24) is 5.32 Å². The summed E-state index contributed by atoms with van der Waals surface area (Å²) >= 11 is 5.28. The van der Waals surface area contributed by atoms with Crippen molar-refractivity contribution in [1.29, 1.82) is 0 Å². The highest BCUT2D eigenvalue weighted by atomic mass is 32.1. The summed E-state index contributed by atoms with van der Waals surface area (Å²) in [6, 6.07) is 12.4. The first-order valence-electron chi connectivity index (χ1n) is 9.15. The Morgan fingerprint density at radius 2 is 1.82 bits per heavy atom. The molecule has 150 valence electrons. The van der Waals surface area contributed by atoms with Crippen LogP contribution in [-0.2, 0) is 0 Å². The quantitative estimate of drug-likeness (QED) is 0.479. The van der Waals surface area contributed by atoms with Crippen LogP contribution in [0, 0.1) is 0 Å². The van der Waals surface area contributed by atoms with Gasteiger partial charge in [0, 0.05) is 6.07 Å². The minimum atomic E-state index is -0.342. The first-order valence-corrected chi connectivity index (χ1v) is 9.56. The third kappa shape index (κ3) is 6.13. The van der Waals surface area contributed by atoms with Crippen molar-refractivity contribution in [3.63, 3.8) is 0 Å². The largest absolute Gasteiger partial charge is 0.497 e. The molecule has 0 aliphatic rings. The van der Waals surface area contributed by atoms with Crippen LogP contribution in [0.1, 0.15) is 36.5 Å². The molecule has 0 aliphatic carbocycles. The summed E-state index contributed by atoms with van der Waals surface area (Å²) in [5.41, 5.74) is 1.03. The number of anilines is 1. The molecule has 28 heavy (non-hydrogen) atoms. The van der Waals surface area contributed by atoms with Crippen LogP contribution < -0.4 is 24.8 Å². The van der Waals surface area contributed by atoms with Gasteiger partial charge in [-0.3, -0.25) is 10.1 Å². The average Bonchev–Trinajstić information content (AvgIpc) is 2.71. The zero-order valence-electron chi connectivity index (χ0n) is 16.4. The van der Waals surface area contributed by atoms with Gasteiger partial charge in [-0.15, -0.1) is 0 Å². The normalized spacial score (nSPS) is 10.1. The van der Waals surface area contributed by atoms with Crippen LogP contribution in [-0.4, -0.2) is 31.8 Å². The maximum atomic E-state index is 12.7. The van der Waals surface area contributed by atoms with Gasteiger partial charge in [-0.25, -0.2) is 0 Å². The van der Waals surface area contributed by atoms with Gasteiger partial charge in [0.1, 0.15) is 17.2 Å². The molecule has 0 aliphatic heterocycles. The molecule has 0 unspecified atom stereocenters. The molecule has 0 saturated carbocycles. The molecule has 0 bridgehead atoms. The average molecular weight is 403 g/mol. The molecule has 7 heteroatoms. The van der Waals surface area contributed by atoms with Gasteiger partial charge in [-0.05, 0) is 42.9 Å². The Hall–Kier alpha value is -2.80. The molecule has 0 aromatic heterocycles. The second kappa shape index (κ2) is 11.1. The fourth-order valence-electron chi connectivity index (χ4n) is 2.55. The predicted octanol–water partition coefficient (Wildman–Crippen LogP) is 4.40. The molecular weight excluding hydrogens is 376 g/mol. The molecule has 1 amide bonds. The molecule has 2 aromatic carbocycles. The lowest BCUT2D eigenvalue weighted by Gasteiger charge is -2.15. The number of benzene rings is 2. The van der Waals surface area contributed by atoms with E-state index in [1.165, 1.54) is 0 Å². The molecule has 0 heterocycles. The molecule has 2 N–H and O–H groups in total. The number of hydrogen-bond acceptors (Lipinski definition) is 5. The minimum Gasteiger partial charge on any atom is -0.497 e. The molecule has 0 fully saturated rings. The molecular formula is C21H26N2O4S. The van der Waals surface area contributed by atoms with E-state index in [0.29, 0.717) is 35.1 Å². The zero-order chi connectivity index (χ0) is 20.4. The van der Waals surface area contributed by atoms with Crippen molar-refractivity contribution in [2.45, 2.75) is 26.2 Å². The second-order valence-corrected chi connectivity index (χ2v) is 6.43.